The summed E-state index contributed by atoms with van der Waals surface area (Å²) in [4.78, 5) is 22.4. The smallest absolute Gasteiger partial charge is 0.229 e. The second kappa shape index (κ2) is 9.60. The van der Waals surface area contributed by atoms with Crippen molar-refractivity contribution < 1.29 is 8.78 Å². The third kappa shape index (κ3) is 4.55. The average Bonchev–Trinajstić information content (AvgIpc) is 3.20. The quantitative estimate of drug-likeness (QED) is 0.337. The zero-order valence-electron chi connectivity index (χ0n) is 23.0. The van der Waals surface area contributed by atoms with Crippen molar-refractivity contribution >= 4 is 22.8 Å². The predicted molar refractivity (Wildman–Crippen MR) is 148 cm³/mol. The highest BCUT2D eigenvalue weighted by atomic mass is 19.1. The van der Waals surface area contributed by atoms with Crippen LogP contribution in [0.15, 0.2) is 36.7 Å². The van der Waals surface area contributed by atoms with Gasteiger partial charge >= 0.3 is 0 Å². The van der Waals surface area contributed by atoms with E-state index in [2.05, 4.69) is 48.9 Å². The molecule has 3 aromatic heterocycles. The van der Waals surface area contributed by atoms with Crippen molar-refractivity contribution in [2.24, 2.45) is 5.41 Å². The van der Waals surface area contributed by atoms with Crippen LogP contribution in [0.25, 0.3) is 22.3 Å². The van der Waals surface area contributed by atoms with Crippen LogP contribution < -0.4 is 5.32 Å². The Hall–Kier alpha value is -3.50. The molecule has 8 nitrogen and oxygen atoms in total. The maximum atomic E-state index is 15.0. The molecule has 1 aromatic carbocycles. The summed E-state index contributed by atoms with van der Waals surface area (Å²) in [6.45, 7) is 16.0. The van der Waals surface area contributed by atoms with Gasteiger partial charge in [-0.05, 0) is 58.0 Å². The molecular formula is C29H34F2N8. The topological polar surface area (TPSA) is 75.0 Å². The number of aromatic nitrogens is 5. The average molecular weight is 533 g/mol. The van der Waals surface area contributed by atoms with E-state index in [4.69, 9.17) is 0 Å². The summed E-state index contributed by atoms with van der Waals surface area (Å²) in [5.41, 5.74) is 2.82. The first kappa shape index (κ1) is 25.8. The number of nitrogens with zero attached hydrogens (tertiary/aromatic N) is 7. The Morgan fingerprint density at radius 3 is 2.41 bits per heavy atom. The van der Waals surface area contributed by atoms with Gasteiger partial charge in [0.15, 0.2) is 11.6 Å². The highest BCUT2D eigenvalue weighted by Crippen LogP contribution is 2.43. The number of anilines is 2. The van der Waals surface area contributed by atoms with Gasteiger partial charge in [0.1, 0.15) is 22.9 Å². The molecule has 0 unspecified atom stereocenters. The summed E-state index contributed by atoms with van der Waals surface area (Å²) in [5, 5.41) is 3.06. The van der Waals surface area contributed by atoms with Gasteiger partial charge in [-0.2, -0.15) is 0 Å². The Balaban J connectivity index is 1.19. The van der Waals surface area contributed by atoms with E-state index in [1.165, 1.54) is 19.2 Å². The summed E-state index contributed by atoms with van der Waals surface area (Å²) in [6.07, 6.45) is 2.95. The first-order chi connectivity index (χ1) is 18.7. The minimum atomic E-state index is -0.635. The molecule has 5 heterocycles. The molecule has 0 radical (unpaired) electrons. The minimum Gasteiger partial charge on any atom is -0.326 e. The molecule has 39 heavy (non-hydrogen) atoms. The van der Waals surface area contributed by atoms with Gasteiger partial charge in [0.25, 0.3) is 0 Å². The third-order valence-corrected chi connectivity index (χ3v) is 8.16. The van der Waals surface area contributed by atoms with E-state index < -0.39 is 11.6 Å². The van der Waals surface area contributed by atoms with Crippen molar-refractivity contribution in [1.29, 1.82) is 0 Å². The molecule has 0 saturated carbocycles. The van der Waals surface area contributed by atoms with Crippen LogP contribution in [0.2, 0.25) is 0 Å². The zero-order chi connectivity index (χ0) is 27.5. The highest BCUT2D eigenvalue weighted by molar-refractivity contribution is 5.83. The van der Waals surface area contributed by atoms with Crippen LogP contribution in [0.5, 0.6) is 0 Å². The molecule has 0 bridgehead atoms. The van der Waals surface area contributed by atoms with E-state index in [0.717, 1.165) is 31.4 Å². The van der Waals surface area contributed by atoms with Crippen molar-refractivity contribution in [3.63, 3.8) is 0 Å². The van der Waals surface area contributed by atoms with Crippen LogP contribution in [-0.4, -0.2) is 67.0 Å². The molecule has 2 aliphatic heterocycles. The molecule has 0 amide bonds. The number of pyridine rings is 1. The fourth-order valence-electron chi connectivity index (χ4n) is 6.15. The van der Waals surface area contributed by atoms with Gasteiger partial charge in [-0.1, -0.05) is 13.0 Å². The lowest BCUT2D eigenvalue weighted by atomic mass is 9.72. The molecule has 4 aromatic rings. The van der Waals surface area contributed by atoms with Crippen molar-refractivity contribution in [3.8, 4) is 11.3 Å². The first-order valence-corrected chi connectivity index (χ1v) is 13.6. The van der Waals surface area contributed by atoms with Crippen LogP contribution in [0.3, 0.4) is 0 Å². The van der Waals surface area contributed by atoms with Gasteiger partial charge in [0.2, 0.25) is 5.95 Å². The van der Waals surface area contributed by atoms with Gasteiger partial charge in [-0.15, -0.1) is 0 Å². The predicted octanol–water partition coefficient (Wildman–Crippen LogP) is 5.50. The number of aryl methyl sites for hydroxylation is 1. The van der Waals surface area contributed by atoms with E-state index in [-0.39, 0.29) is 29.2 Å². The maximum Gasteiger partial charge on any atom is 0.229 e. The number of hydrogen-bond acceptors (Lipinski definition) is 7. The summed E-state index contributed by atoms with van der Waals surface area (Å²) in [5.74, 6) is 0.284. The van der Waals surface area contributed by atoms with Crippen LogP contribution in [-0.2, 0) is 0 Å². The van der Waals surface area contributed by atoms with Gasteiger partial charge < -0.3 is 14.8 Å². The number of rotatable bonds is 7. The number of nitrogens with one attached hydrogen (secondary N) is 1. The van der Waals surface area contributed by atoms with Crippen LogP contribution in [0.1, 0.15) is 51.2 Å². The van der Waals surface area contributed by atoms with Crippen LogP contribution in [0.4, 0.5) is 20.5 Å². The van der Waals surface area contributed by atoms with Crippen molar-refractivity contribution in [1.82, 2.24) is 34.3 Å². The Morgan fingerprint density at radius 1 is 0.974 bits per heavy atom. The molecule has 6 rings (SSSR count). The SMILES string of the molecule is CCN1CC2(C1)CN([C@H](C)c1ccc(Nc3ncc(F)c(-c4cc(F)c5nc(C)n(C(C)C)c5c4)n3)nc1)C2. The molecule has 10 heteroatoms. The Labute approximate surface area is 227 Å². The Kier molecular flexibility index (Phi) is 6.34. The van der Waals surface area contributed by atoms with Gasteiger partial charge in [0, 0.05) is 55.4 Å². The number of imidazole rings is 1. The summed E-state index contributed by atoms with van der Waals surface area (Å²) in [6, 6.07) is 7.28. The summed E-state index contributed by atoms with van der Waals surface area (Å²) < 4.78 is 31.8. The van der Waals surface area contributed by atoms with E-state index in [1.54, 1.807) is 6.07 Å². The molecule has 204 valence electrons. The Morgan fingerprint density at radius 2 is 1.74 bits per heavy atom. The summed E-state index contributed by atoms with van der Waals surface area (Å²) >= 11 is 0. The number of hydrogen-bond donors (Lipinski definition) is 1. The largest absolute Gasteiger partial charge is 0.326 e. The van der Waals surface area contributed by atoms with Crippen molar-refractivity contribution in [3.05, 3.63) is 59.7 Å². The fraction of sp³-hybridized carbons (Fsp3) is 0.448. The molecule has 1 N–H and O–H groups in total. The lowest BCUT2D eigenvalue weighted by Crippen LogP contribution is -2.71. The molecular weight excluding hydrogens is 498 g/mol. The van der Waals surface area contributed by atoms with Gasteiger partial charge in [-0.25, -0.2) is 28.7 Å². The zero-order valence-corrected chi connectivity index (χ0v) is 23.0. The van der Waals surface area contributed by atoms with Crippen molar-refractivity contribution in [2.75, 3.05) is 38.0 Å². The lowest BCUT2D eigenvalue weighted by molar-refractivity contribution is -0.126. The first-order valence-electron chi connectivity index (χ1n) is 13.6. The monoisotopic (exact) mass is 532 g/mol. The second-order valence-electron chi connectivity index (χ2n) is 11.3. The normalized spacial score (nSPS) is 17.9. The molecule has 1 atom stereocenters. The van der Waals surface area contributed by atoms with Gasteiger partial charge in [-0.3, -0.25) is 4.90 Å². The second-order valence-corrected chi connectivity index (χ2v) is 11.3. The van der Waals surface area contributed by atoms with E-state index in [9.17, 15) is 8.78 Å². The van der Waals surface area contributed by atoms with Gasteiger partial charge in [0.05, 0.1) is 11.7 Å². The standard InChI is InChI=1S/C29H34F2N8/c1-6-37-13-29(14-37)15-38(16-29)18(4)20-7-8-25(32-11-20)35-28-33-12-23(31)26(36-28)21-9-22(30)27-24(10-21)39(17(2)3)19(5)34-27/h7-12,17-18H,6,13-16H2,1-5H3,(H,32,33,35,36)/t18-/m1/s1. The minimum absolute atomic E-state index is 0.0112. The third-order valence-electron chi connectivity index (χ3n) is 8.16. The molecule has 2 saturated heterocycles. The summed E-state index contributed by atoms with van der Waals surface area (Å²) in [7, 11) is 0. The fourth-order valence-corrected chi connectivity index (χ4v) is 6.15. The Bertz CT molecular complexity index is 1520. The van der Waals surface area contributed by atoms with Crippen LogP contribution in [0, 0.1) is 24.0 Å². The van der Waals surface area contributed by atoms with E-state index in [1.807, 2.05) is 43.7 Å². The van der Waals surface area contributed by atoms with Crippen LogP contribution >= 0.6 is 0 Å². The number of halogens is 2. The van der Waals surface area contributed by atoms with E-state index in [0.29, 0.717) is 28.1 Å². The lowest BCUT2D eigenvalue weighted by Gasteiger charge is -2.61. The molecule has 2 fully saturated rings. The molecule has 2 aliphatic rings. The number of benzene rings is 1. The molecule has 1 spiro atoms. The van der Waals surface area contributed by atoms with E-state index >= 15 is 0 Å². The highest BCUT2D eigenvalue weighted by Gasteiger charge is 2.52. The number of likely N-dealkylation sites (tertiary alicyclic amines) is 2. The number of fused-ring (bicyclic) bond motifs is 1. The molecule has 0 aliphatic carbocycles. The van der Waals surface area contributed by atoms with Crippen molar-refractivity contribution in [2.45, 2.75) is 46.7 Å². The maximum absolute atomic E-state index is 15.0.